The number of hydrogen-bond acceptors (Lipinski definition) is 4. The van der Waals surface area contributed by atoms with Gasteiger partial charge in [0, 0.05) is 23.0 Å². The van der Waals surface area contributed by atoms with Crippen LogP contribution in [0.3, 0.4) is 0 Å². The Morgan fingerprint density at radius 2 is 2.16 bits per heavy atom. The average Bonchev–Trinajstić information content (AvgIpc) is 2.26. The Morgan fingerprint density at radius 1 is 1.47 bits per heavy atom. The van der Waals surface area contributed by atoms with Crippen LogP contribution in [0.1, 0.15) is 49.3 Å². The van der Waals surface area contributed by atoms with Crippen LogP contribution >= 0.6 is 11.8 Å². The van der Waals surface area contributed by atoms with E-state index in [2.05, 4.69) is 21.5 Å². The molecule has 4 nitrogen and oxygen atoms in total. The molecule has 0 saturated heterocycles. The molecule has 0 aliphatic heterocycles. The Labute approximate surface area is 118 Å². The van der Waals surface area contributed by atoms with Crippen molar-refractivity contribution in [1.29, 1.82) is 0 Å². The van der Waals surface area contributed by atoms with E-state index in [1.807, 2.05) is 32.5 Å². The van der Waals surface area contributed by atoms with Crippen molar-refractivity contribution >= 4 is 11.8 Å². The van der Waals surface area contributed by atoms with Gasteiger partial charge in [0.15, 0.2) is 0 Å². The van der Waals surface area contributed by atoms with Crippen molar-refractivity contribution < 1.29 is 0 Å². The zero-order valence-corrected chi connectivity index (χ0v) is 13.0. The molecule has 1 aromatic rings. The Morgan fingerprint density at radius 3 is 2.63 bits per heavy atom. The molecule has 1 aliphatic carbocycles. The number of nitrogens with zero attached hydrogens (tertiary/aromatic N) is 1. The lowest BCUT2D eigenvalue weighted by atomic mass is 9.84. The molecule has 0 spiro atoms. The molecule has 19 heavy (non-hydrogen) atoms. The third-order valence-electron chi connectivity index (χ3n) is 4.13. The summed E-state index contributed by atoms with van der Waals surface area (Å²) in [5.41, 5.74) is 1.58. The number of nitrogens with one attached hydrogen (secondary N) is 2. The van der Waals surface area contributed by atoms with Crippen LogP contribution in [-0.4, -0.2) is 27.5 Å². The van der Waals surface area contributed by atoms with Crippen LogP contribution in [0.25, 0.3) is 0 Å². The number of aryl methyl sites for hydroxylation is 2. The molecule has 1 atom stereocenters. The highest BCUT2D eigenvalue weighted by molar-refractivity contribution is 8.00. The lowest BCUT2D eigenvalue weighted by Crippen LogP contribution is -2.44. The van der Waals surface area contributed by atoms with Crippen LogP contribution in [0.5, 0.6) is 0 Å². The molecule has 1 unspecified atom stereocenters. The summed E-state index contributed by atoms with van der Waals surface area (Å²) >= 11 is 1.94. The SMILES string of the molecule is CSC1(CNC(C)c2c(C)nc(C)[nH]c2=O)CCC1. The van der Waals surface area contributed by atoms with Crippen molar-refractivity contribution in [3.05, 3.63) is 27.4 Å². The van der Waals surface area contributed by atoms with Gasteiger partial charge in [-0.1, -0.05) is 6.42 Å². The topological polar surface area (TPSA) is 57.8 Å². The smallest absolute Gasteiger partial charge is 0.255 e. The largest absolute Gasteiger partial charge is 0.310 e. The van der Waals surface area contributed by atoms with Gasteiger partial charge in [-0.05, 0) is 39.9 Å². The number of H-pyrrole nitrogens is 1. The highest BCUT2D eigenvalue weighted by Crippen LogP contribution is 2.42. The minimum Gasteiger partial charge on any atom is -0.310 e. The Bertz CT molecular complexity index is 502. The van der Waals surface area contributed by atoms with Gasteiger partial charge in [0.1, 0.15) is 5.82 Å². The standard InChI is InChI=1S/C14H23N3OS/c1-9(15-8-14(19-4)6-5-7-14)12-10(2)16-11(3)17-13(12)18/h9,15H,5-8H2,1-4H3,(H,16,17,18). The van der Waals surface area contributed by atoms with E-state index in [4.69, 9.17) is 0 Å². The number of aromatic nitrogens is 2. The summed E-state index contributed by atoms with van der Waals surface area (Å²) < 4.78 is 0.382. The van der Waals surface area contributed by atoms with Gasteiger partial charge < -0.3 is 10.3 Å². The fraction of sp³-hybridized carbons (Fsp3) is 0.714. The monoisotopic (exact) mass is 281 g/mol. The molecule has 1 fully saturated rings. The fourth-order valence-electron chi connectivity index (χ4n) is 2.71. The van der Waals surface area contributed by atoms with Crippen LogP contribution in [0.4, 0.5) is 0 Å². The van der Waals surface area contributed by atoms with Gasteiger partial charge in [-0.15, -0.1) is 0 Å². The summed E-state index contributed by atoms with van der Waals surface area (Å²) in [6.45, 7) is 6.72. The first-order valence-corrected chi connectivity index (χ1v) is 8.06. The van der Waals surface area contributed by atoms with Crippen LogP contribution in [0.2, 0.25) is 0 Å². The normalized spacial score (nSPS) is 18.9. The van der Waals surface area contributed by atoms with Crippen molar-refractivity contribution in [2.75, 3.05) is 12.8 Å². The second kappa shape index (κ2) is 5.67. The van der Waals surface area contributed by atoms with Crippen molar-refractivity contribution in [2.45, 2.75) is 50.8 Å². The van der Waals surface area contributed by atoms with E-state index in [9.17, 15) is 4.79 Å². The molecular weight excluding hydrogens is 258 g/mol. The number of thioether (sulfide) groups is 1. The Balaban J connectivity index is 2.08. The summed E-state index contributed by atoms with van der Waals surface area (Å²) in [5, 5.41) is 3.51. The first-order chi connectivity index (χ1) is 8.97. The maximum absolute atomic E-state index is 12.0. The van der Waals surface area contributed by atoms with Crippen LogP contribution in [0.15, 0.2) is 4.79 Å². The molecule has 0 radical (unpaired) electrons. The first-order valence-electron chi connectivity index (χ1n) is 6.83. The molecule has 1 heterocycles. The lowest BCUT2D eigenvalue weighted by Gasteiger charge is -2.41. The minimum atomic E-state index is -0.0168. The van der Waals surface area contributed by atoms with Gasteiger partial charge >= 0.3 is 0 Å². The number of aromatic amines is 1. The molecule has 2 rings (SSSR count). The average molecular weight is 281 g/mol. The zero-order valence-electron chi connectivity index (χ0n) is 12.2. The van der Waals surface area contributed by atoms with Crippen LogP contribution in [-0.2, 0) is 0 Å². The molecule has 0 amide bonds. The Hall–Kier alpha value is -0.810. The van der Waals surface area contributed by atoms with Gasteiger partial charge in [-0.2, -0.15) is 11.8 Å². The highest BCUT2D eigenvalue weighted by atomic mass is 32.2. The second-order valence-electron chi connectivity index (χ2n) is 5.49. The van der Waals surface area contributed by atoms with Gasteiger partial charge in [0.05, 0.1) is 5.56 Å². The predicted molar refractivity (Wildman–Crippen MR) is 80.8 cm³/mol. The first kappa shape index (κ1) is 14.6. The molecule has 5 heteroatoms. The zero-order chi connectivity index (χ0) is 14.0. The van der Waals surface area contributed by atoms with Crippen molar-refractivity contribution in [3.63, 3.8) is 0 Å². The van der Waals surface area contributed by atoms with E-state index < -0.39 is 0 Å². The fourth-order valence-corrected chi connectivity index (χ4v) is 3.64. The van der Waals surface area contributed by atoms with E-state index in [-0.39, 0.29) is 11.6 Å². The van der Waals surface area contributed by atoms with Crippen LogP contribution in [0, 0.1) is 13.8 Å². The van der Waals surface area contributed by atoms with E-state index in [1.165, 1.54) is 19.3 Å². The third kappa shape index (κ3) is 3.03. The van der Waals surface area contributed by atoms with Gasteiger partial charge in [0.2, 0.25) is 0 Å². The molecule has 1 aliphatic rings. The van der Waals surface area contributed by atoms with E-state index in [0.717, 1.165) is 17.8 Å². The van der Waals surface area contributed by atoms with E-state index in [0.29, 0.717) is 10.6 Å². The Kier molecular flexibility index (Phi) is 4.36. The molecule has 106 valence electrons. The lowest BCUT2D eigenvalue weighted by molar-refractivity contribution is 0.333. The van der Waals surface area contributed by atoms with Gasteiger partial charge in [-0.3, -0.25) is 4.79 Å². The molecule has 0 bridgehead atoms. The van der Waals surface area contributed by atoms with Crippen molar-refractivity contribution in [3.8, 4) is 0 Å². The van der Waals surface area contributed by atoms with Gasteiger partial charge in [0.25, 0.3) is 5.56 Å². The predicted octanol–water partition coefficient (Wildman–Crippen LogP) is 2.32. The number of rotatable bonds is 5. The summed E-state index contributed by atoms with van der Waals surface area (Å²) in [7, 11) is 0. The molecule has 0 aromatic carbocycles. The van der Waals surface area contributed by atoms with Crippen molar-refractivity contribution in [1.82, 2.24) is 15.3 Å². The summed E-state index contributed by atoms with van der Waals surface area (Å²) in [6.07, 6.45) is 6.05. The maximum atomic E-state index is 12.0. The minimum absolute atomic E-state index is 0.0168. The molecule has 2 N–H and O–H groups in total. The summed E-state index contributed by atoms with van der Waals surface area (Å²) in [4.78, 5) is 19.2. The van der Waals surface area contributed by atoms with Crippen molar-refractivity contribution in [2.24, 2.45) is 0 Å². The number of hydrogen-bond donors (Lipinski definition) is 2. The highest BCUT2D eigenvalue weighted by Gasteiger charge is 2.36. The van der Waals surface area contributed by atoms with Gasteiger partial charge in [-0.25, -0.2) is 4.98 Å². The quantitative estimate of drug-likeness (QED) is 0.869. The molecular formula is C14H23N3OS. The molecule has 1 aromatic heterocycles. The second-order valence-corrected chi connectivity index (χ2v) is 6.77. The van der Waals surface area contributed by atoms with E-state index in [1.54, 1.807) is 0 Å². The third-order valence-corrected chi connectivity index (χ3v) is 5.54. The summed E-state index contributed by atoms with van der Waals surface area (Å²) in [6, 6.07) is 0.0430. The summed E-state index contributed by atoms with van der Waals surface area (Å²) in [5.74, 6) is 0.679. The molecule has 1 saturated carbocycles. The maximum Gasteiger partial charge on any atom is 0.255 e. The van der Waals surface area contributed by atoms with E-state index >= 15 is 0 Å². The van der Waals surface area contributed by atoms with Crippen LogP contribution < -0.4 is 10.9 Å².